The normalized spacial score (nSPS) is 23.9. The van der Waals surface area contributed by atoms with Gasteiger partial charge in [-0.15, -0.1) is 23.2 Å². The van der Waals surface area contributed by atoms with Crippen molar-refractivity contribution in [1.82, 2.24) is 0 Å². The summed E-state index contributed by atoms with van der Waals surface area (Å²) in [6.45, 7) is 8.83. The molecule has 0 N–H and O–H groups in total. The van der Waals surface area contributed by atoms with Gasteiger partial charge >= 0.3 is 0 Å². The predicted molar refractivity (Wildman–Crippen MR) is 109 cm³/mol. The molecular formula is C22H32Cl2. The SMILES string of the molecule is CCCCC1=CC(C(Cl)(Cl)CC2C=C(C)C=C2CCCC)C(C)=C1. The number of alkyl halides is 2. The Bertz CT molecular complexity index is 561. The second kappa shape index (κ2) is 8.77. The van der Waals surface area contributed by atoms with Gasteiger partial charge in [-0.3, -0.25) is 0 Å². The highest BCUT2D eigenvalue weighted by Gasteiger charge is 2.39. The van der Waals surface area contributed by atoms with Gasteiger partial charge in [-0.25, -0.2) is 0 Å². The second-order valence-corrected chi connectivity index (χ2v) is 9.06. The Kier molecular flexibility index (Phi) is 7.25. The average molecular weight is 367 g/mol. The standard InChI is InChI=1S/C22H32Cl2/c1-5-7-9-18-13-17(4)21(14-18)22(23,24)15-20-12-16(3)11-19(20)10-8-6-2/h11-14,20-21H,5-10,15H2,1-4H3. The van der Waals surface area contributed by atoms with Crippen molar-refractivity contribution < 1.29 is 0 Å². The Morgan fingerprint density at radius 2 is 1.62 bits per heavy atom. The van der Waals surface area contributed by atoms with Crippen LogP contribution < -0.4 is 0 Å². The second-order valence-electron chi connectivity index (χ2n) is 7.52. The average Bonchev–Trinajstić information content (AvgIpc) is 3.05. The molecule has 0 nitrogen and oxygen atoms in total. The minimum Gasteiger partial charge on any atom is -0.101 e. The quantitative estimate of drug-likeness (QED) is 0.363. The maximum atomic E-state index is 6.89. The molecule has 2 aliphatic rings. The molecule has 0 heterocycles. The summed E-state index contributed by atoms with van der Waals surface area (Å²) in [5.74, 6) is 0.543. The molecule has 2 unspecified atom stereocenters. The zero-order valence-corrected chi connectivity index (χ0v) is 17.2. The zero-order chi connectivity index (χ0) is 17.7. The van der Waals surface area contributed by atoms with Gasteiger partial charge in [0, 0.05) is 11.8 Å². The molecule has 2 atom stereocenters. The molecule has 0 amide bonds. The molecule has 0 bridgehead atoms. The van der Waals surface area contributed by atoms with E-state index in [9.17, 15) is 0 Å². The third kappa shape index (κ3) is 5.02. The van der Waals surface area contributed by atoms with Crippen molar-refractivity contribution in [1.29, 1.82) is 0 Å². The van der Waals surface area contributed by atoms with Crippen molar-refractivity contribution in [2.75, 3.05) is 0 Å². The van der Waals surface area contributed by atoms with Crippen LogP contribution in [-0.4, -0.2) is 4.33 Å². The summed E-state index contributed by atoms with van der Waals surface area (Å²) < 4.78 is -0.731. The summed E-state index contributed by atoms with van der Waals surface area (Å²) in [4.78, 5) is 0. The Morgan fingerprint density at radius 1 is 0.958 bits per heavy atom. The fraction of sp³-hybridized carbons (Fsp3) is 0.636. The van der Waals surface area contributed by atoms with Gasteiger partial charge in [0.1, 0.15) is 4.33 Å². The van der Waals surface area contributed by atoms with Gasteiger partial charge in [0.15, 0.2) is 0 Å². The molecule has 0 saturated heterocycles. The number of hydrogen-bond acceptors (Lipinski definition) is 0. The van der Waals surface area contributed by atoms with E-state index in [0.717, 1.165) is 19.3 Å². The maximum Gasteiger partial charge on any atom is 0.129 e. The molecule has 24 heavy (non-hydrogen) atoms. The van der Waals surface area contributed by atoms with Crippen LogP contribution in [0.15, 0.2) is 46.6 Å². The Labute approximate surface area is 158 Å². The van der Waals surface area contributed by atoms with E-state index in [2.05, 4.69) is 52.0 Å². The van der Waals surface area contributed by atoms with Crippen molar-refractivity contribution in [2.24, 2.45) is 11.8 Å². The summed E-state index contributed by atoms with van der Waals surface area (Å²) in [5.41, 5.74) is 5.58. The molecule has 0 fully saturated rings. The predicted octanol–water partition coefficient (Wildman–Crippen LogP) is 7.94. The van der Waals surface area contributed by atoms with Crippen LogP contribution in [-0.2, 0) is 0 Å². The van der Waals surface area contributed by atoms with Crippen molar-refractivity contribution in [3.63, 3.8) is 0 Å². The summed E-state index contributed by atoms with van der Waals surface area (Å²) in [7, 11) is 0. The first-order valence-corrected chi connectivity index (χ1v) is 10.3. The molecule has 0 aromatic carbocycles. The summed E-state index contributed by atoms with van der Waals surface area (Å²) in [6.07, 6.45) is 17.3. The van der Waals surface area contributed by atoms with Crippen LogP contribution in [0.5, 0.6) is 0 Å². The molecule has 2 heteroatoms. The Morgan fingerprint density at radius 3 is 2.29 bits per heavy atom. The summed E-state index contributed by atoms with van der Waals surface area (Å²) in [5, 5.41) is 0. The minimum atomic E-state index is -0.731. The van der Waals surface area contributed by atoms with Crippen molar-refractivity contribution >= 4 is 23.2 Å². The van der Waals surface area contributed by atoms with Crippen molar-refractivity contribution in [2.45, 2.75) is 77.0 Å². The lowest BCUT2D eigenvalue weighted by molar-refractivity contribution is 0.522. The monoisotopic (exact) mass is 366 g/mol. The first-order chi connectivity index (χ1) is 11.4. The van der Waals surface area contributed by atoms with E-state index in [1.54, 1.807) is 0 Å². The maximum absolute atomic E-state index is 6.89. The number of halogens is 2. The van der Waals surface area contributed by atoms with E-state index in [1.165, 1.54) is 48.0 Å². The van der Waals surface area contributed by atoms with E-state index in [-0.39, 0.29) is 5.92 Å². The molecule has 0 radical (unpaired) electrons. The molecule has 0 aromatic rings. The van der Waals surface area contributed by atoms with E-state index in [1.807, 2.05) is 0 Å². The van der Waals surface area contributed by atoms with Crippen LogP contribution in [0.4, 0.5) is 0 Å². The molecular weight excluding hydrogens is 335 g/mol. The zero-order valence-electron chi connectivity index (χ0n) is 15.7. The van der Waals surface area contributed by atoms with Gasteiger partial charge in [0.25, 0.3) is 0 Å². The molecule has 0 aromatic heterocycles. The first-order valence-electron chi connectivity index (χ1n) is 9.53. The molecule has 2 rings (SSSR count). The van der Waals surface area contributed by atoms with E-state index in [0.29, 0.717) is 5.92 Å². The van der Waals surface area contributed by atoms with Gasteiger partial charge < -0.3 is 0 Å². The minimum absolute atomic E-state index is 0.148. The van der Waals surface area contributed by atoms with Gasteiger partial charge in [0.05, 0.1) is 0 Å². The fourth-order valence-electron chi connectivity index (χ4n) is 3.89. The highest BCUT2D eigenvalue weighted by molar-refractivity contribution is 6.49. The Balaban J connectivity index is 2.06. The lowest BCUT2D eigenvalue weighted by Crippen LogP contribution is -2.27. The van der Waals surface area contributed by atoms with Crippen LogP contribution >= 0.6 is 23.2 Å². The van der Waals surface area contributed by atoms with Crippen LogP contribution in [0, 0.1) is 11.8 Å². The first kappa shape index (κ1) is 19.9. The molecule has 134 valence electrons. The van der Waals surface area contributed by atoms with Crippen LogP contribution in [0.3, 0.4) is 0 Å². The lowest BCUT2D eigenvalue weighted by Gasteiger charge is -2.30. The van der Waals surface area contributed by atoms with Crippen LogP contribution in [0.2, 0.25) is 0 Å². The molecule has 0 saturated carbocycles. The van der Waals surface area contributed by atoms with Gasteiger partial charge in [-0.05, 0) is 46.0 Å². The number of hydrogen-bond donors (Lipinski definition) is 0. The van der Waals surface area contributed by atoms with Gasteiger partial charge in [-0.1, -0.05) is 73.3 Å². The molecule has 2 aliphatic carbocycles. The number of unbranched alkanes of at least 4 members (excludes halogenated alkanes) is 2. The largest absolute Gasteiger partial charge is 0.129 e. The fourth-order valence-corrected chi connectivity index (χ4v) is 4.69. The molecule has 0 spiro atoms. The smallest absolute Gasteiger partial charge is 0.101 e. The third-order valence-electron chi connectivity index (χ3n) is 5.22. The summed E-state index contributed by atoms with van der Waals surface area (Å²) in [6, 6.07) is 0. The van der Waals surface area contributed by atoms with E-state index < -0.39 is 4.33 Å². The Hall–Kier alpha value is -0.460. The summed E-state index contributed by atoms with van der Waals surface area (Å²) >= 11 is 13.8. The van der Waals surface area contributed by atoms with E-state index >= 15 is 0 Å². The van der Waals surface area contributed by atoms with Crippen LogP contribution in [0.25, 0.3) is 0 Å². The van der Waals surface area contributed by atoms with Crippen molar-refractivity contribution in [3.8, 4) is 0 Å². The third-order valence-corrected chi connectivity index (χ3v) is 6.00. The topological polar surface area (TPSA) is 0 Å². The molecule has 0 aliphatic heterocycles. The van der Waals surface area contributed by atoms with E-state index in [4.69, 9.17) is 23.2 Å². The lowest BCUT2D eigenvalue weighted by atomic mass is 9.87. The highest BCUT2D eigenvalue weighted by Crippen LogP contribution is 2.47. The van der Waals surface area contributed by atoms with Crippen molar-refractivity contribution in [3.05, 3.63) is 46.6 Å². The highest BCUT2D eigenvalue weighted by atomic mass is 35.5. The van der Waals surface area contributed by atoms with Gasteiger partial charge in [-0.2, -0.15) is 0 Å². The number of rotatable bonds is 9. The van der Waals surface area contributed by atoms with Gasteiger partial charge in [0.2, 0.25) is 0 Å². The number of allylic oxidation sites excluding steroid dienone is 8. The van der Waals surface area contributed by atoms with Crippen LogP contribution in [0.1, 0.15) is 72.6 Å².